The number of benzene rings is 2. The van der Waals surface area contributed by atoms with E-state index in [0.29, 0.717) is 5.57 Å². The number of amides is 4. The van der Waals surface area contributed by atoms with Crippen LogP contribution in [-0.2, 0) is 28.7 Å². The number of nitrogens with one attached hydrogen (secondary N) is 2. The summed E-state index contributed by atoms with van der Waals surface area (Å²) in [7, 11) is 0. The molecule has 2 heterocycles. The second-order valence-electron chi connectivity index (χ2n) is 11.3. The molecule has 3 fully saturated rings. The standard InChI is InChI=1S/C29H28N4O10/c1-4-43-28(38)21-13(2)18-19-22(26(36)30(24(19)34)14-5-9-16(10-6-14)32(39)40)29(21,3)23-20(18)25(35)31(27(23)37)15-7-11-17(12-8-15)33(41)42/h5-12,18-20,22-23,32-33,39,41H,4H2,1-3H3/t18?,19-,20+,22-,23-,29?/m1/s1. The minimum atomic E-state index is -1.61. The zero-order valence-electron chi connectivity index (χ0n) is 23.3. The molecule has 2 aromatic carbocycles. The number of quaternary nitrogens is 2. The van der Waals surface area contributed by atoms with Crippen molar-refractivity contribution in [1.29, 1.82) is 0 Å². The zero-order chi connectivity index (χ0) is 31.1. The van der Waals surface area contributed by atoms with Crippen LogP contribution in [0.15, 0.2) is 59.7 Å². The van der Waals surface area contributed by atoms with Crippen molar-refractivity contribution in [3.8, 4) is 0 Å². The molecule has 5 aliphatic rings. The number of rotatable bonds is 6. The lowest BCUT2D eigenvalue weighted by molar-refractivity contribution is -0.991. The maximum absolute atomic E-state index is 14.2. The Hall–Kier alpha value is -4.31. The van der Waals surface area contributed by atoms with Crippen LogP contribution in [0.3, 0.4) is 0 Å². The summed E-state index contributed by atoms with van der Waals surface area (Å²) in [5, 5.41) is 38.9. The van der Waals surface area contributed by atoms with Crippen molar-refractivity contribution in [3.63, 3.8) is 0 Å². The van der Waals surface area contributed by atoms with Crippen LogP contribution in [0.25, 0.3) is 0 Å². The molecule has 14 nitrogen and oxygen atoms in total. The summed E-state index contributed by atoms with van der Waals surface area (Å²) in [5.74, 6) is -8.76. The van der Waals surface area contributed by atoms with E-state index in [1.54, 1.807) is 20.8 Å². The van der Waals surface area contributed by atoms with Gasteiger partial charge < -0.3 is 15.2 Å². The summed E-state index contributed by atoms with van der Waals surface area (Å²) in [4.78, 5) is 71.8. The van der Waals surface area contributed by atoms with Crippen molar-refractivity contribution >= 4 is 52.3 Å². The Morgan fingerprint density at radius 2 is 1.19 bits per heavy atom. The van der Waals surface area contributed by atoms with Gasteiger partial charge >= 0.3 is 5.97 Å². The maximum atomic E-state index is 14.2. The van der Waals surface area contributed by atoms with Gasteiger partial charge in [-0.3, -0.25) is 29.0 Å². The number of hydrogen-bond acceptors (Lipinski definition) is 10. The average molecular weight is 593 g/mol. The predicted molar refractivity (Wildman–Crippen MR) is 144 cm³/mol. The van der Waals surface area contributed by atoms with E-state index >= 15 is 0 Å². The van der Waals surface area contributed by atoms with Crippen molar-refractivity contribution in [2.75, 3.05) is 16.4 Å². The number of carbonyl (C=O) groups is 5. The van der Waals surface area contributed by atoms with Gasteiger partial charge in [-0.05, 0) is 38.1 Å². The molecule has 3 aliphatic carbocycles. The van der Waals surface area contributed by atoms with Gasteiger partial charge in [0.15, 0.2) is 11.4 Å². The van der Waals surface area contributed by atoms with Crippen LogP contribution in [0.5, 0.6) is 0 Å². The van der Waals surface area contributed by atoms with Gasteiger partial charge in [0, 0.05) is 41.2 Å². The smallest absolute Gasteiger partial charge is 0.334 e. The first-order chi connectivity index (χ1) is 20.4. The monoisotopic (exact) mass is 592 g/mol. The molecule has 4 N–H and O–H groups in total. The molecule has 2 saturated heterocycles. The third kappa shape index (κ3) is 3.78. The van der Waals surface area contributed by atoms with Crippen LogP contribution in [0.4, 0.5) is 22.7 Å². The zero-order valence-corrected chi connectivity index (χ0v) is 23.3. The van der Waals surface area contributed by atoms with Gasteiger partial charge in [-0.2, -0.15) is 10.5 Å². The summed E-state index contributed by atoms with van der Waals surface area (Å²) >= 11 is 0. The highest BCUT2D eigenvalue weighted by Gasteiger charge is 2.77. The predicted octanol–water partition coefficient (Wildman–Crippen LogP) is -0.0659. The number of anilines is 2. The van der Waals surface area contributed by atoms with Gasteiger partial charge in [0.25, 0.3) is 0 Å². The summed E-state index contributed by atoms with van der Waals surface area (Å²) in [6.45, 7) is 4.80. The molecule has 4 unspecified atom stereocenters. The molecule has 43 heavy (non-hydrogen) atoms. The van der Waals surface area contributed by atoms with Crippen molar-refractivity contribution in [2.45, 2.75) is 20.8 Å². The van der Waals surface area contributed by atoms with Crippen LogP contribution in [0.1, 0.15) is 20.8 Å². The Morgan fingerprint density at radius 1 is 0.791 bits per heavy atom. The average Bonchev–Trinajstić information content (AvgIpc) is 3.39. The molecule has 2 aliphatic heterocycles. The number of imide groups is 2. The van der Waals surface area contributed by atoms with E-state index in [2.05, 4.69) is 0 Å². The van der Waals surface area contributed by atoms with E-state index in [4.69, 9.17) is 4.74 Å². The molecule has 224 valence electrons. The van der Waals surface area contributed by atoms with Gasteiger partial charge in [-0.1, -0.05) is 12.5 Å². The van der Waals surface area contributed by atoms with E-state index in [1.165, 1.54) is 48.5 Å². The molecule has 8 atom stereocenters. The summed E-state index contributed by atoms with van der Waals surface area (Å²) < 4.78 is 5.36. The highest BCUT2D eigenvalue weighted by molar-refractivity contribution is 6.27. The lowest BCUT2D eigenvalue weighted by Crippen LogP contribution is -2.99. The van der Waals surface area contributed by atoms with Crippen molar-refractivity contribution in [2.24, 2.45) is 35.0 Å². The number of hydrogen-bond donors (Lipinski definition) is 4. The SMILES string of the molecule is CCOC(=O)C1=C(C)C2[C@H]3C(=O)N(c4ccc([NH+]([O-])O)cc4)C(=O)[C@@H]3C1(C)[C@H]1C(=O)N(c3ccc([NH+]([O-])O)cc3)C(=O)[C@@H]21. The van der Waals surface area contributed by atoms with Crippen LogP contribution in [0.2, 0.25) is 0 Å². The second-order valence-corrected chi connectivity index (χ2v) is 11.3. The highest BCUT2D eigenvalue weighted by Crippen LogP contribution is 2.68. The molecule has 4 amide bonds. The van der Waals surface area contributed by atoms with E-state index in [1.807, 2.05) is 0 Å². The van der Waals surface area contributed by atoms with Crippen molar-refractivity contribution < 1.29 is 49.6 Å². The van der Waals surface area contributed by atoms with Crippen molar-refractivity contribution in [1.82, 2.24) is 0 Å². The van der Waals surface area contributed by atoms with Gasteiger partial charge in [0.1, 0.15) is 0 Å². The van der Waals surface area contributed by atoms with Crippen LogP contribution in [0, 0.1) is 45.4 Å². The molecule has 1 saturated carbocycles. The first kappa shape index (κ1) is 28.8. The normalized spacial score (nSPS) is 31.0. The molecule has 2 bridgehead atoms. The minimum Gasteiger partial charge on any atom is -0.595 e. The third-order valence-corrected chi connectivity index (χ3v) is 9.43. The molecule has 0 radical (unpaired) electrons. The van der Waals surface area contributed by atoms with E-state index in [-0.39, 0.29) is 34.9 Å². The first-order valence-electron chi connectivity index (χ1n) is 13.7. The fourth-order valence-corrected chi connectivity index (χ4v) is 7.82. The van der Waals surface area contributed by atoms with Gasteiger partial charge in [0.2, 0.25) is 23.6 Å². The van der Waals surface area contributed by atoms with E-state index in [9.17, 15) is 44.8 Å². The second kappa shape index (κ2) is 9.87. The molecule has 2 aromatic rings. The number of esters is 1. The summed E-state index contributed by atoms with van der Waals surface area (Å²) in [6, 6.07) is 10.4. The Labute approximate surface area is 244 Å². The fourth-order valence-electron chi connectivity index (χ4n) is 7.82. The van der Waals surface area contributed by atoms with Gasteiger partial charge in [-0.15, -0.1) is 0 Å². The Kier molecular flexibility index (Phi) is 6.61. The molecule has 0 aromatic heterocycles. The topological polar surface area (TPSA) is 197 Å². The maximum Gasteiger partial charge on any atom is 0.334 e. The quantitative estimate of drug-likeness (QED) is 0.200. The van der Waals surface area contributed by atoms with E-state index < -0.39 is 75.1 Å². The van der Waals surface area contributed by atoms with Gasteiger partial charge in [-0.25, -0.2) is 15.2 Å². The molecular weight excluding hydrogens is 564 g/mol. The fraction of sp³-hybridized carbons (Fsp3) is 0.345. The lowest BCUT2D eigenvalue weighted by Gasteiger charge is -2.55. The molecular formula is C29H28N4O10. The summed E-state index contributed by atoms with van der Waals surface area (Å²) in [6.07, 6.45) is 0. The Morgan fingerprint density at radius 3 is 1.53 bits per heavy atom. The number of nitrogens with zero attached hydrogens (tertiary/aromatic N) is 2. The van der Waals surface area contributed by atoms with Crippen LogP contribution < -0.4 is 20.3 Å². The molecule has 0 spiro atoms. The van der Waals surface area contributed by atoms with Crippen LogP contribution in [-0.4, -0.2) is 46.6 Å². The van der Waals surface area contributed by atoms with E-state index in [0.717, 1.165) is 9.80 Å². The number of carbonyl (C=O) groups excluding carboxylic acids is 5. The number of allylic oxidation sites excluding steroid dienone is 1. The highest BCUT2D eigenvalue weighted by atomic mass is 16.8. The molecule has 7 rings (SSSR count). The minimum absolute atomic E-state index is 0.0163. The molecule has 14 heteroatoms. The van der Waals surface area contributed by atoms with Crippen molar-refractivity contribution in [3.05, 3.63) is 70.1 Å². The first-order valence-corrected chi connectivity index (χ1v) is 13.7. The third-order valence-electron chi connectivity index (χ3n) is 9.43. The van der Waals surface area contributed by atoms with Gasteiger partial charge in [0.05, 0.1) is 41.7 Å². The Bertz CT molecular complexity index is 1500. The summed E-state index contributed by atoms with van der Waals surface area (Å²) in [5.41, 5.74) is -0.933. The lowest BCUT2D eigenvalue weighted by atomic mass is 9.43. The van der Waals surface area contributed by atoms with Crippen LogP contribution >= 0.6 is 0 Å². The Balaban J connectivity index is 1.49. The number of ether oxygens (including phenoxy) is 1. The largest absolute Gasteiger partial charge is 0.595 e.